The zero-order valence-electron chi connectivity index (χ0n) is 8.18. The van der Waals surface area contributed by atoms with Crippen LogP contribution in [-0.2, 0) is 5.54 Å². The first kappa shape index (κ1) is 10.7. The molecule has 0 radical (unpaired) electrons. The van der Waals surface area contributed by atoms with Crippen LogP contribution in [0.2, 0.25) is 0 Å². The van der Waals surface area contributed by atoms with Crippen LogP contribution in [0.5, 0.6) is 0 Å². The Morgan fingerprint density at radius 1 is 1.46 bits per heavy atom. The third-order valence-electron chi connectivity index (χ3n) is 2.25. The number of hydrogen-bond donors (Lipinski definition) is 1. The molecule has 2 N–H and O–H groups in total. The summed E-state index contributed by atoms with van der Waals surface area (Å²) in [7, 11) is 0. The first-order valence-electron chi connectivity index (χ1n) is 4.61. The molecule has 2 heteroatoms. The molecule has 0 aliphatic rings. The summed E-state index contributed by atoms with van der Waals surface area (Å²) in [4.78, 5) is 0. The minimum atomic E-state index is -0.196. The lowest BCUT2D eigenvalue weighted by Gasteiger charge is -2.24. The van der Waals surface area contributed by atoms with Gasteiger partial charge in [-0.2, -0.15) is 0 Å². The van der Waals surface area contributed by atoms with E-state index in [2.05, 4.69) is 41.9 Å². The van der Waals surface area contributed by atoms with Gasteiger partial charge in [0, 0.05) is 10.0 Å². The molecule has 0 saturated carbocycles. The Labute approximate surface area is 88.5 Å². The molecule has 1 rings (SSSR count). The fourth-order valence-electron chi connectivity index (χ4n) is 1.51. The summed E-state index contributed by atoms with van der Waals surface area (Å²) >= 11 is 3.45. The van der Waals surface area contributed by atoms with Crippen LogP contribution in [0.3, 0.4) is 0 Å². The lowest BCUT2D eigenvalue weighted by molar-refractivity contribution is 0.446. The highest BCUT2D eigenvalue weighted by molar-refractivity contribution is 9.10. The van der Waals surface area contributed by atoms with Crippen LogP contribution in [0.1, 0.15) is 32.3 Å². The maximum atomic E-state index is 6.20. The number of benzene rings is 1. The third kappa shape index (κ3) is 2.82. The Balaban J connectivity index is 2.93. The van der Waals surface area contributed by atoms with E-state index in [1.165, 1.54) is 5.56 Å². The highest BCUT2D eigenvalue weighted by Crippen LogP contribution is 2.25. The van der Waals surface area contributed by atoms with Gasteiger partial charge in [-0.1, -0.05) is 41.4 Å². The van der Waals surface area contributed by atoms with Crippen molar-refractivity contribution < 1.29 is 0 Å². The summed E-state index contributed by atoms with van der Waals surface area (Å²) in [6.07, 6.45) is 2.13. The van der Waals surface area contributed by atoms with Gasteiger partial charge in [-0.05, 0) is 31.0 Å². The van der Waals surface area contributed by atoms with E-state index in [0.29, 0.717) is 0 Å². The van der Waals surface area contributed by atoms with E-state index in [1.54, 1.807) is 0 Å². The molecule has 1 nitrogen and oxygen atoms in total. The Morgan fingerprint density at radius 3 is 2.69 bits per heavy atom. The van der Waals surface area contributed by atoms with Crippen molar-refractivity contribution in [3.05, 3.63) is 34.3 Å². The molecule has 0 aromatic heterocycles. The normalized spacial score (nSPS) is 15.4. The molecule has 72 valence electrons. The fourth-order valence-corrected chi connectivity index (χ4v) is 1.91. The molecule has 0 heterocycles. The average molecular weight is 242 g/mol. The minimum absolute atomic E-state index is 0.196. The Bertz CT molecular complexity index is 281. The van der Waals surface area contributed by atoms with Crippen molar-refractivity contribution in [2.24, 2.45) is 5.73 Å². The second-order valence-electron chi connectivity index (χ2n) is 3.68. The Hall–Kier alpha value is -0.340. The number of hydrogen-bond acceptors (Lipinski definition) is 1. The predicted octanol–water partition coefficient (Wildman–Crippen LogP) is 3.42. The van der Waals surface area contributed by atoms with Crippen LogP contribution in [-0.4, -0.2) is 0 Å². The van der Waals surface area contributed by atoms with Crippen molar-refractivity contribution in [1.29, 1.82) is 0 Å². The summed E-state index contributed by atoms with van der Waals surface area (Å²) in [6, 6.07) is 8.22. The molecule has 1 atom stereocenters. The monoisotopic (exact) mass is 241 g/mol. The maximum Gasteiger partial charge on any atom is 0.0381 e. The molecule has 1 aromatic rings. The topological polar surface area (TPSA) is 26.0 Å². The van der Waals surface area contributed by atoms with E-state index in [-0.39, 0.29) is 5.54 Å². The second-order valence-corrected chi connectivity index (χ2v) is 4.59. The van der Waals surface area contributed by atoms with E-state index in [4.69, 9.17) is 5.73 Å². The molecule has 1 aromatic carbocycles. The summed E-state index contributed by atoms with van der Waals surface area (Å²) in [5.41, 5.74) is 7.20. The average Bonchev–Trinajstić information content (AvgIpc) is 2.04. The molecule has 0 bridgehead atoms. The van der Waals surface area contributed by atoms with Crippen LogP contribution in [0.25, 0.3) is 0 Å². The summed E-state index contributed by atoms with van der Waals surface area (Å²) in [6.45, 7) is 4.24. The van der Waals surface area contributed by atoms with Gasteiger partial charge in [0.2, 0.25) is 0 Å². The Morgan fingerprint density at radius 2 is 2.15 bits per heavy atom. The molecule has 1 unspecified atom stereocenters. The van der Waals surface area contributed by atoms with Crippen molar-refractivity contribution in [2.45, 2.75) is 32.2 Å². The smallest absolute Gasteiger partial charge is 0.0381 e. The van der Waals surface area contributed by atoms with Crippen LogP contribution in [0.15, 0.2) is 28.7 Å². The SMILES string of the molecule is CCCC(C)(N)c1cccc(Br)c1. The second kappa shape index (κ2) is 4.25. The molecule has 0 spiro atoms. The lowest BCUT2D eigenvalue weighted by Crippen LogP contribution is -2.32. The van der Waals surface area contributed by atoms with Crippen LogP contribution in [0.4, 0.5) is 0 Å². The standard InChI is InChI=1S/C11H16BrN/c1-3-7-11(2,13)9-5-4-6-10(12)8-9/h4-6,8H,3,7,13H2,1-2H3. The lowest BCUT2D eigenvalue weighted by atomic mass is 9.89. The highest BCUT2D eigenvalue weighted by atomic mass is 79.9. The minimum Gasteiger partial charge on any atom is -0.322 e. The molecule has 0 amide bonds. The molecule has 0 aliphatic carbocycles. The molecule has 0 saturated heterocycles. The van der Waals surface area contributed by atoms with Gasteiger partial charge < -0.3 is 5.73 Å². The van der Waals surface area contributed by atoms with Gasteiger partial charge in [-0.25, -0.2) is 0 Å². The van der Waals surface area contributed by atoms with Gasteiger partial charge in [0.25, 0.3) is 0 Å². The quantitative estimate of drug-likeness (QED) is 0.863. The summed E-state index contributed by atoms with van der Waals surface area (Å²) in [5, 5.41) is 0. The molecule has 0 fully saturated rings. The van der Waals surface area contributed by atoms with Crippen molar-refractivity contribution in [3.63, 3.8) is 0 Å². The van der Waals surface area contributed by atoms with Gasteiger partial charge >= 0.3 is 0 Å². The zero-order chi connectivity index (χ0) is 9.90. The fraction of sp³-hybridized carbons (Fsp3) is 0.455. The zero-order valence-corrected chi connectivity index (χ0v) is 9.76. The van der Waals surface area contributed by atoms with E-state index >= 15 is 0 Å². The highest BCUT2D eigenvalue weighted by Gasteiger charge is 2.19. The van der Waals surface area contributed by atoms with E-state index in [1.807, 2.05) is 12.1 Å². The first-order chi connectivity index (χ1) is 6.06. The van der Waals surface area contributed by atoms with E-state index in [9.17, 15) is 0 Å². The number of halogens is 1. The molecular formula is C11H16BrN. The Kier molecular flexibility index (Phi) is 3.51. The van der Waals surface area contributed by atoms with Crippen molar-refractivity contribution >= 4 is 15.9 Å². The molecular weight excluding hydrogens is 226 g/mol. The van der Waals surface area contributed by atoms with Gasteiger partial charge in [0.15, 0.2) is 0 Å². The summed E-state index contributed by atoms with van der Waals surface area (Å²) in [5.74, 6) is 0. The van der Waals surface area contributed by atoms with Gasteiger partial charge in [0.1, 0.15) is 0 Å². The van der Waals surface area contributed by atoms with Crippen LogP contribution < -0.4 is 5.73 Å². The van der Waals surface area contributed by atoms with Gasteiger partial charge in [-0.15, -0.1) is 0 Å². The number of rotatable bonds is 3. The summed E-state index contributed by atoms with van der Waals surface area (Å²) < 4.78 is 1.10. The first-order valence-corrected chi connectivity index (χ1v) is 5.40. The van der Waals surface area contributed by atoms with Crippen LogP contribution >= 0.6 is 15.9 Å². The van der Waals surface area contributed by atoms with E-state index in [0.717, 1.165) is 17.3 Å². The van der Waals surface area contributed by atoms with Crippen LogP contribution in [0, 0.1) is 0 Å². The predicted molar refractivity (Wildman–Crippen MR) is 60.6 cm³/mol. The molecule has 0 aliphatic heterocycles. The third-order valence-corrected chi connectivity index (χ3v) is 2.75. The van der Waals surface area contributed by atoms with Crippen molar-refractivity contribution in [3.8, 4) is 0 Å². The van der Waals surface area contributed by atoms with Crippen molar-refractivity contribution in [1.82, 2.24) is 0 Å². The molecule has 13 heavy (non-hydrogen) atoms. The number of nitrogens with two attached hydrogens (primary N) is 1. The van der Waals surface area contributed by atoms with E-state index < -0.39 is 0 Å². The van der Waals surface area contributed by atoms with Gasteiger partial charge in [-0.3, -0.25) is 0 Å². The van der Waals surface area contributed by atoms with Gasteiger partial charge in [0.05, 0.1) is 0 Å². The van der Waals surface area contributed by atoms with Crippen molar-refractivity contribution in [2.75, 3.05) is 0 Å². The maximum absolute atomic E-state index is 6.20. The largest absolute Gasteiger partial charge is 0.322 e.